The second-order valence-corrected chi connectivity index (χ2v) is 4.78. The van der Waals surface area contributed by atoms with E-state index in [0.29, 0.717) is 12.5 Å². The Kier molecular flexibility index (Phi) is 4.12. The maximum Gasteiger partial charge on any atom is 0.119 e. The summed E-state index contributed by atoms with van der Waals surface area (Å²) in [6.45, 7) is 0.616. The number of aromatic nitrogens is 1. The van der Waals surface area contributed by atoms with Crippen molar-refractivity contribution in [1.29, 1.82) is 0 Å². The molecule has 1 aromatic heterocycles. The molecule has 4 heteroatoms. The number of rotatable bonds is 5. The number of methoxy groups -OCH3 is 1. The zero-order valence-corrected chi connectivity index (χ0v) is 10.6. The van der Waals surface area contributed by atoms with Crippen LogP contribution in [0.15, 0.2) is 35.8 Å². The van der Waals surface area contributed by atoms with Crippen LogP contribution in [0.3, 0.4) is 0 Å². The standard InChI is InChI=1S/C13H16N2OS/c1-16-12-4-2-3-10(8-12)7-11(9-14)13-15-5-6-17-13/h2-6,8,11H,7,9,14H2,1H3. The Morgan fingerprint density at radius 1 is 1.47 bits per heavy atom. The number of hydrogen-bond donors (Lipinski definition) is 1. The van der Waals surface area contributed by atoms with Gasteiger partial charge in [-0.3, -0.25) is 0 Å². The van der Waals surface area contributed by atoms with Gasteiger partial charge in [0, 0.05) is 24.0 Å². The van der Waals surface area contributed by atoms with E-state index in [-0.39, 0.29) is 0 Å². The average molecular weight is 248 g/mol. The molecule has 0 spiro atoms. The van der Waals surface area contributed by atoms with Crippen LogP contribution in [-0.2, 0) is 6.42 Å². The maximum absolute atomic E-state index is 5.82. The van der Waals surface area contributed by atoms with Crippen molar-refractivity contribution in [3.63, 3.8) is 0 Å². The van der Waals surface area contributed by atoms with Crippen LogP contribution in [0.4, 0.5) is 0 Å². The van der Waals surface area contributed by atoms with Crippen LogP contribution in [-0.4, -0.2) is 18.6 Å². The van der Waals surface area contributed by atoms with E-state index in [9.17, 15) is 0 Å². The third kappa shape index (κ3) is 3.05. The van der Waals surface area contributed by atoms with E-state index >= 15 is 0 Å². The van der Waals surface area contributed by atoms with Crippen LogP contribution in [0.2, 0.25) is 0 Å². The molecule has 2 N–H and O–H groups in total. The van der Waals surface area contributed by atoms with Crippen LogP contribution in [0, 0.1) is 0 Å². The molecule has 0 aliphatic heterocycles. The van der Waals surface area contributed by atoms with Gasteiger partial charge < -0.3 is 10.5 Å². The molecule has 2 aromatic rings. The lowest BCUT2D eigenvalue weighted by molar-refractivity contribution is 0.414. The fourth-order valence-electron chi connectivity index (χ4n) is 1.79. The smallest absolute Gasteiger partial charge is 0.119 e. The maximum atomic E-state index is 5.82. The normalized spacial score (nSPS) is 12.4. The molecule has 0 aliphatic carbocycles. The van der Waals surface area contributed by atoms with Gasteiger partial charge in [-0.2, -0.15) is 0 Å². The van der Waals surface area contributed by atoms with Crippen LogP contribution in [0.25, 0.3) is 0 Å². The van der Waals surface area contributed by atoms with Gasteiger partial charge in [0.25, 0.3) is 0 Å². The van der Waals surface area contributed by atoms with E-state index in [0.717, 1.165) is 17.2 Å². The molecule has 0 saturated heterocycles. The predicted octanol–water partition coefficient (Wildman–Crippen LogP) is 2.44. The molecule has 1 unspecified atom stereocenters. The Morgan fingerprint density at radius 3 is 3.00 bits per heavy atom. The van der Waals surface area contributed by atoms with Crippen LogP contribution in [0.5, 0.6) is 5.75 Å². The topological polar surface area (TPSA) is 48.1 Å². The highest BCUT2D eigenvalue weighted by Crippen LogP contribution is 2.23. The molecule has 1 atom stereocenters. The van der Waals surface area contributed by atoms with Crippen molar-refractivity contribution in [1.82, 2.24) is 4.98 Å². The predicted molar refractivity (Wildman–Crippen MR) is 70.6 cm³/mol. The van der Waals surface area contributed by atoms with E-state index < -0.39 is 0 Å². The lowest BCUT2D eigenvalue weighted by Crippen LogP contribution is -2.14. The summed E-state index contributed by atoms with van der Waals surface area (Å²) in [5.74, 6) is 1.18. The fourth-order valence-corrected chi connectivity index (χ4v) is 2.55. The second kappa shape index (κ2) is 5.80. The number of thiazole rings is 1. The SMILES string of the molecule is COc1cccc(CC(CN)c2nccs2)c1. The number of ether oxygens (including phenoxy) is 1. The number of benzene rings is 1. The average Bonchev–Trinajstić information content (AvgIpc) is 2.90. The van der Waals surface area contributed by atoms with Gasteiger partial charge in [-0.05, 0) is 24.1 Å². The molecule has 3 nitrogen and oxygen atoms in total. The highest BCUT2D eigenvalue weighted by atomic mass is 32.1. The first-order valence-corrected chi connectivity index (χ1v) is 6.44. The van der Waals surface area contributed by atoms with Crippen LogP contribution >= 0.6 is 11.3 Å². The van der Waals surface area contributed by atoms with Crippen molar-refractivity contribution in [2.24, 2.45) is 5.73 Å². The molecule has 0 radical (unpaired) electrons. The highest BCUT2D eigenvalue weighted by molar-refractivity contribution is 7.09. The van der Waals surface area contributed by atoms with E-state index in [2.05, 4.69) is 17.1 Å². The van der Waals surface area contributed by atoms with E-state index in [4.69, 9.17) is 10.5 Å². The molecule has 0 aliphatic rings. The van der Waals surface area contributed by atoms with Gasteiger partial charge in [-0.15, -0.1) is 11.3 Å². The Morgan fingerprint density at radius 2 is 2.35 bits per heavy atom. The number of nitrogens with two attached hydrogens (primary N) is 1. The monoisotopic (exact) mass is 248 g/mol. The van der Waals surface area contributed by atoms with Gasteiger partial charge in [0.2, 0.25) is 0 Å². The van der Waals surface area contributed by atoms with Gasteiger partial charge in [-0.1, -0.05) is 12.1 Å². The second-order valence-electron chi connectivity index (χ2n) is 3.86. The molecule has 90 valence electrons. The van der Waals surface area contributed by atoms with Gasteiger partial charge in [0.15, 0.2) is 0 Å². The summed E-state index contributed by atoms with van der Waals surface area (Å²) >= 11 is 1.66. The summed E-state index contributed by atoms with van der Waals surface area (Å²) in [4.78, 5) is 4.33. The number of hydrogen-bond acceptors (Lipinski definition) is 4. The van der Waals surface area contributed by atoms with Gasteiger partial charge in [0.05, 0.1) is 12.1 Å². The van der Waals surface area contributed by atoms with E-state index in [1.165, 1.54) is 5.56 Å². The fraction of sp³-hybridized carbons (Fsp3) is 0.308. The van der Waals surface area contributed by atoms with E-state index in [1.54, 1.807) is 18.4 Å². The van der Waals surface area contributed by atoms with Crippen molar-refractivity contribution in [2.45, 2.75) is 12.3 Å². The van der Waals surface area contributed by atoms with Crippen molar-refractivity contribution < 1.29 is 4.74 Å². The van der Waals surface area contributed by atoms with Crippen LogP contribution in [0.1, 0.15) is 16.5 Å². The number of nitrogens with zero attached hydrogens (tertiary/aromatic N) is 1. The zero-order valence-electron chi connectivity index (χ0n) is 9.80. The minimum Gasteiger partial charge on any atom is -0.497 e. The molecule has 17 heavy (non-hydrogen) atoms. The summed E-state index contributed by atoms with van der Waals surface area (Å²) in [7, 11) is 1.68. The molecule has 0 bridgehead atoms. The summed E-state index contributed by atoms with van der Waals surface area (Å²) in [5.41, 5.74) is 7.05. The third-order valence-electron chi connectivity index (χ3n) is 2.70. The highest BCUT2D eigenvalue weighted by Gasteiger charge is 2.13. The Labute approximate surface area is 105 Å². The van der Waals surface area contributed by atoms with Crippen molar-refractivity contribution in [3.8, 4) is 5.75 Å². The Balaban J connectivity index is 2.13. The van der Waals surface area contributed by atoms with Crippen LogP contribution < -0.4 is 10.5 Å². The first-order chi connectivity index (χ1) is 8.33. The molecular weight excluding hydrogens is 232 g/mol. The molecule has 0 fully saturated rings. The first kappa shape index (κ1) is 12.1. The van der Waals surface area contributed by atoms with Gasteiger partial charge in [0.1, 0.15) is 5.75 Å². The van der Waals surface area contributed by atoms with Crippen molar-refractivity contribution in [2.75, 3.05) is 13.7 Å². The lowest BCUT2D eigenvalue weighted by Gasteiger charge is -2.12. The minimum atomic E-state index is 0.294. The molecule has 0 amide bonds. The molecule has 2 rings (SSSR count). The Hall–Kier alpha value is -1.39. The quantitative estimate of drug-likeness (QED) is 0.884. The summed E-state index contributed by atoms with van der Waals surface area (Å²) in [6.07, 6.45) is 2.73. The summed E-state index contributed by atoms with van der Waals surface area (Å²) < 4.78 is 5.22. The summed E-state index contributed by atoms with van der Waals surface area (Å²) in [5, 5.41) is 3.10. The largest absolute Gasteiger partial charge is 0.497 e. The van der Waals surface area contributed by atoms with Gasteiger partial charge >= 0.3 is 0 Å². The van der Waals surface area contributed by atoms with Gasteiger partial charge in [-0.25, -0.2) is 4.98 Å². The van der Waals surface area contributed by atoms with Crippen molar-refractivity contribution in [3.05, 3.63) is 46.4 Å². The molecule has 0 saturated carbocycles. The third-order valence-corrected chi connectivity index (χ3v) is 3.64. The molecular formula is C13H16N2OS. The zero-order chi connectivity index (χ0) is 12.1. The first-order valence-electron chi connectivity index (χ1n) is 5.56. The summed E-state index contributed by atoms with van der Waals surface area (Å²) in [6, 6.07) is 8.10. The molecule has 1 aromatic carbocycles. The van der Waals surface area contributed by atoms with E-state index in [1.807, 2.05) is 23.7 Å². The van der Waals surface area contributed by atoms with Crippen molar-refractivity contribution >= 4 is 11.3 Å². The molecule has 1 heterocycles. The Bertz CT molecular complexity index is 456. The lowest BCUT2D eigenvalue weighted by atomic mass is 10.00. The minimum absolute atomic E-state index is 0.294.